The van der Waals surface area contributed by atoms with Crippen LogP contribution in [-0.4, -0.2) is 56.3 Å². The van der Waals surface area contributed by atoms with Gasteiger partial charge in [-0.2, -0.15) is 0 Å². The second kappa shape index (κ2) is 8.85. The Balaban J connectivity index is 1.87. The minimum absolute atomic E-state index is 0.0839. The Morgan fingerprint density at radius 3 is 2.52 bits per heavy atom. The van der Waals surface area contributed by atoms with Crippen LogP contribution < -0.4 is 4.74 Å². The second-order valence-electron chi connectivity index (χ2n) is 6.16. The summed E-state index contributed by atoms with van der Waals surface area (Å²) in [5.74, 6) is 0.937. The first-order valence-corrected chi connectivity index (χ1v) is 8.67. The molecule has 1 N–H and O–H groups in total. The normalized spacial score (nSPS) is 14.8. The number of carbonyl (C=O) groups is 1. The van der Waals surface area contributed by atoms with Gasteiger partial charge in [0.2, 0.25) is 5.78 Å². The Hall–Kier alpha value is -2.61. The van der Waals surface area contributed by atoms with Crippen LogP contribution in [0, 0.1) is 0 Å². The fourth-order valence-corrected chi connectivity index (χ4v) is 2.89. The van der Waals surface area contributed by atoms with Crippen molar-refractivity contribution in [2.24, 2.45) is 0 Å². The number of hydrogen-bond donors (Lipinski definition) is 1. The van der Waals surface area contributed by atoms with Crippen molar-refractivity contribution in [2.45, 2.75) is 6.54 Å². The molecule has 1 aromatic heterocycles. The van der Waals surface area contributed by atoms with Gasteiger partial charge in [0.25, 0.3) is 0 Å². The lowest BCUT2D eigenvalue weighted by Gasteiger charge is -2.23. The number of phenolic OH excluding ortho intramolecular Hbond substituents is 1. The number of hydrogen-bond acceptors (Lipinski definition) is 7. The van der Waals surface area contributed by atoms with E-state index < -0.39 is 0 Å². The molecule has 0 unspecified atom stereocenters. The molecule has 7 heteroatoms. The van der Waals surface area contributed by atoms with Gasteiger partial charge < -0.3 is 23.7 Å². The number of phenols is 1. The molecule has 0 amide bonds. The number of carbonyl (C=O) groups excluding carboxylic acids is 1. The number of methoxy groups -OCH3 is 2. The molecule has 1 aliphatic rings. The van der Waals surface area contributed by atoms with Gasteiger partial charge in [-0.3, -0.25) is 9.69 Å². The highest BCUT2D eigenvalue weighted by Crippen LogP contribution is 2.40. The minimum atomic E-state index is -0.233. The SMILES string of the molecule is COCCN(CCOC)Cc1c(O)ccc2c1O/C(=C/c1ccco1)C2=O. The maximum Gasteiger partial charge on any atom is 0.232 e. The molecule has 144 valence electrons. The van der Waals surface area contributed by atoms with Gasteiger partial charge in [-0.25, -0.2) is 0 Å². The van der Waals surface area contributed by atoms with Crippen LogP contribution in [-0.2, 0) is 16.0 Å². The molecule has 0 fully saturated rings. The number of furan rings is 1. The van der Waals surface area contributed by atoms with Crippen molar-refractivity contribution in [2.75, 3.05) is 40.5 Å². The van der Waals surface area contributed by atoms with Crippen molar-refractivity contribution >= 4 is 11.9 Å². The van der Waals surface area contributed by atoms with Gasteiger partial charge in [0.1, 0.15) is 17.3 Å². The van der Waals surface area contributed by atoms with Gasteiger partial charge in [-0.05, 0) is 24.3 Å². The first-order chi connectivity index (χ1) is 13.1. The molecule has 0 radical (unpaired) electrons. The zero-order valence-corrected chi connectivity index (χ0v) is 15.4. The summed E-state index contributed by atoms with van der Waals surface area (Å²) in [5, 5.41) is 10.4. The summed E-state index contributed by atoms with van der Waals surface area (Å²) < 4.78 is 21.4. The molecule has 27 heavy (non-hydrogen) atoms. The smallest absolute Gasteiger partial charge is 0.232 e. The molecule has 7 nitrogen and oxygen atoms in total. The fourth-order valence-electron chi connectivity index (χ4n) is 2.89. The Kier molecular flexibility index (Phi) is 6.28. The third-order valence-electron chi connectivity index (χ3n) is 4.34. The van der Waals surface area contributed by atoms with Crippen molar-refractivity contribution in [3.05, 3.63) is 53.2 Å². The van der Waals surface area contributed by atoms with Gasteiger partial charge in [-0.1, -0.05) is 0 Å². The van der Waals surface area contributed by atoms with E-state index in [-0.39, 0.29) is 17.3 Å². The quantitative estimate of drug-likeness (QED) is 0.677. The first kappa shape index (κ1) is 19.2. The highest BCUT2D eigenvalue weighted by molar-refractivity contribution is 6.14. The summed E-state index contributed by atoms with van der Waals surface area (Å²) in [7, 11) is 3.28. The Morgan fingerprint density at radius 1 is 1.15 bits per heavy atom. The largest absolute Gasteiger partial charge is 0.507 e. The molecule has 3 rings (SSSR count). The summed E-state index contributed by atoms with van der Waals surface area (Å²) in [5.41, 5.74) is 0.995. The highest BCUT2D eigenvalue weighted by atomic mass is 16.5. The average Bonchev–Trinajstić information content (AvgIpc) is 3.28. The molecule has 0 bridgehead atoms. The van der Waals surface area contributed by atoms with Gasteiger partial charge in [-0.15, -0.1) is 0 Å². The van der Waals surface area contributed by atoms with Gasteiger partial charge in [0.15, 0.2) is 5.76 Å². The maximum absolute atomic E-state index is 12.6. The van der Waals surface area contributed by atoms with Crippen LogP contribution in [0.1, 0.15) is 21.7 Å². The molecule has 0 aliphatic carbocycles. The number of allylic oxidation sites excluding steroid dienone is 1. The average molecular weight is 373 g/mol. The number of rotatable bonds is 9. The third kappa shape index (κ3) is 4.39. The molecular weight excluding hydrogens is 350 g/mol. The van der Waals surface area contributed by atoms with Crippen molar-refractivity contribution in [3.63, 3.8) is 0 Å². The number of aromatic hydroxyl groups is 1. The highest BCUT2D eigenvalue weighted by Gasteiger charge is 2.31. The molecule has 0 atom stereocenters. The fraction of sp³-hybridized carbons (Fsp3) is 0.350. The molecule has 2 heterocycles. The number of nitrogens with zero attached hydrogens (tertiary/aromatic N) is 1. The third-order valence-corrected chi connectivity index (χ3v) is 4.34. The van der Waals surface area contributed by atoms with Crippen molar-refractivity contribution < 1.29 is 28.5 Å². The number of ketones is 1. The number of benzene rings is 1. The molecule has 2 aromatic rings. The van der Waals surface area contributed by atoms with E-state index in [1.165, 1.54) is 12.3 Å². The van der Waals surface area contributed by atoms with Crippen LogP contribution in [0.5, 0.6) is 11.5 Å². The van der Waals surface area contributed by atoms with Crippen LogP contribution in [0.15, 0.2) is 40.7 Å². The molecular formula is C20H23NO6. The van der Waals surface area contributed by atoms with E-state index in [4.69, 9.17) is 18.6 Å². The molecule has 0 saturated heterocycles. The molecule has 0 spiro atoms. The van der Waals surface area contributed by atoms with Crippen molar-refractivity contribution in [1.82, 2.24) is 4.90 Å². The van der Waals surface area contributed by atoms with Crippen LogP contribution in [0.25, 0.3) is 6.08 Å². The predicted molar refractivity (Wildman–Crippen MR) is 98.8 cm³/mol. The standard InChI is InChI=1S/C20H23NO6/c1-24-10-7-21(8-11-25-2)13-16-17(22)6-5-15-19(23)18(27-20(15)16)12-14-4-3-9-26-14/h3-6,9,12,22H,7-8,10-11,13H2,1-2H3/b18-12+. The summed E-state index contributed by atoms with van der Waals surface area (Å²) in [6.07, 6.45) is 3.08. The van der Waals surface area contributed by atoms with Gasteiger partial charge in [0.05, 0.1) is 30.6 Å². The lowest BCUT2D eigenvalue weighted by atomic mass is 10.0. The number of ether oxygens (including phenoxy) is 3. The zero-order valence-electron chi connectivity index (χ0n) is 15.4. The maximum atomic E-state index is 12.6. The lowest BCUT2D eigenvalue weighted by molar-refractivity contribution is 0.101. The second-order valence-corrected chi connectivity index (χ2v) is 6.16. The van der Waals surface area contributed by atoms with Crippen LogP contribution in [0.4, 0.5) is 0 Å². The zero-order chi connectivity index (χ0) is 19.2. The summed E-state index contributed by atoms with van der Waals surface area (Å²) in [6.45, 7) is 2.81. The number of Topliss-reactive ketones (excluding diaryl/α,β-unsaturated/α-hetero) is 1. The lowest BCUT2D eigenvalue weighted by Crippen LogP contribution is -2.30. The predicted octanol–water partition coefficient (Wildman–Crippen LogP) is 2.70. The van der Waals surface area contributed by atoms with Gasteiger partial charge in [0, 0.05) is 39.9 Å². The van der Waals surface area contributed by atoms with Crippen molar-refractivity contribution in [3.8, 4) is 11.5 Å². The summed E-state index contributed by atoms with van der Waals surface area (Å²) in [4.78, 5) is 14.7. The minimum Gasteiger partial charge on any atom is -0.507 e. The van der Waals surface area contributed by atoms with E-state index >= 15 is 0 Å². The Bertz CT molecular complexity index is 804. The topological polar surface area (TPSA) is 81.4 Å². The first-order valence-electron chi connectivity index (χ1n) is 8.67. The van der Waals surface area contributed by atoms with E-state index in [1.54, 1.807) is 38.5 Å². The van der Waals surface area contributed by atoms with E-state index in [2.05, 4.69) is 4.90 Å². The molecule has 0 saturated carbocycles. The van der Waals surface area contributed by atoms with E-state index in [9.17, 15) is 9.90 Å². The van der Waals surface area contributed by atoms with E-state index in [0.29, 0.717) is 55.5 Å². The summed E-state index contributed by atoms with van der Waals surface area (Å²) >= 11 is 0. The van der Waals surface area contributed by atoms with Gasteiger partial charge >= 0.3 is 0 Å². The monoisotopic (exact) mass is 373 g/mol. The van der Waals surface area contributed by atoms with Crippen LogP contribution in [0.2, 0.25) is 0 Å². The Morgan fingerprint density at radius 2 is 1.89 bits per heavy atom. The van der Waals surface area contributed by atoms with Crippen LogP contribution in [0.3, 0.4) is 0 Å². The van der Waals surface area contributed by atoms with Crippen LogP contribution >= 0.6 is 0 Å². The number of fused-ring (bicyclic) bond motifs is 1. The van der Waals surface area contributed by atoms with Crippen molar-refractivity contribution in [1.29, 1.82) is 0 Å². The molecule has 1 aliphatic heterocycles. The summed E-state index contributed by atoms with van der Waals surface area (Å²) in [6, 6.07) is 6.58. The molecule has 1 aromatic carbocycles. The van der Waals surface area contributed by atoms with E-state index in [0.717, 1.165) is 0 Å². The van der Waals surface area contributed by atoms with E-state index in [1.807, 2.05) is 0 Å². The Labute approximate surface area is 157 Å².